The van der Waals surface area contributed by atoms with Gasteiger partial charge in [0.15, 0.2) is 0 Å². The standard InChI is InChI=1S/C16H15BrClNO2/c17-12-6-7-15(18)14(9-12)16(21)19-13(10-20)8-11-4-2-1-3-5-11/h1-7,9,13,20H,8,10H2,(H,19,21)/t13-/m0/s1. The molecule has 0 bridgehead atoms. The molecule has 0 aliphatic carbocycles. The van der Waals surface area contributed by atoms with E-state index in [2.05, 4.69) is 21.2 Å². The third-order valence-electron chi connectivity index (χ3n) is 3.05. The summed E-state index contributed by atoms with van der Waals surface area (Å²) in [5.41, 5.74) is 1.44. The second kappa shape index (κ2) is 7.59. The zero-order chi connectivity index (χ0) is 15.2. The fourth-order valence-electron chi connectivity index (χ4n) is 1.99. The number of rotatable bonds is 5. The molecule has 2 rings (SSSR count). The number of nitrogens with one attached hydrogen (secondary N) is 1. The Bertz CT molecular complexity index is 619. The number of hydrogen-bond donors (Lipinski definition) is 2. The van der Waals surface area contributed by atoms with Crippen LogP contribution in [0.4, 0.5) is 0 Å². The minimum atomic E-state index is -0.352. The van der Waals surface area contributed by atoms with Gasteiger partial charge in [-0.15, -0.1) is 0 Å². The van der Waals surface area contributed by atoms with Crippen molar-refractivity contribution in [1.29, 1.82) is 0 Å². The van der Waals surface area contributed by atoms with Gasteiger partial charge in [-0.25, -0.2) is 0 Å². The first kappa shape index (κ1) is 16.0. The van der Waals surface area contributed by atoms with Gasteiger partial charge in [0.2, 0.25) is 0 Å². The highest BCUT2D eigenvalue weighted by Gasteiger charge is 2.16. The molecule has 0 fully saturated rings. The van der Waals surface area contributed by atoms with E-state index in [-0.39, 0.29) is 18.6 Å². The number of aliphatic hydroxyl groups excluding tert-OH is 1. The summed E-state index contributed by atoms with van der Waals surface area (Å²) in [5.74, 6) is -0.295. The van der Waals surface area contributed by atoms with Gasteiger partial charge in [0, 0.05) is 4.47 Å². The second-order valence-corrected chi connectivity index (χ2v) is 5.99. The summed E-state index contributed by atoms with van der Waals surface area (Å²) in [6.45, 7) is -0.133. The maximum Gasteiger partial charge on any atom is 0.253 e. The Balaban J connectivity index is 2.07. The van der Waals surface area contributed by atoms with Crippen LogP contribution in [0.3, 0.4) is 0 Å². The third-order valence-corrected chi connectivity index (χ3v) is 3.88. The molecule has 0 aliphatic heterocycles. The van der Waals surface area contributed by atoms with Crippen LogP contribution in [0.2, 0.25) is 5.02 Å². The Morgan fingerprint density at radius 2 is 1.95 bits per heavy atom. The number of halogens is 2. The topological polar surface area (TPSA) is 49.3 Å². The lowest BCUT2D eigenvalue weighted by atomic mass is 10.1. The normalized spacial score (nSPS) is 12.0. The van der Waals surface area contributed by atoms with Crippen LogP contribution in [0.5, 0.6) is 0 Å². The molecule has 3 nitrogen and oxygen atoms in total. The summed E-state index contributed by atoms with van der Waals surface area (Å²) in [7, 11) is 0. The first-order chi connectivity index (χ1) is 10.1. The largest absolute Gasteiger partial charge is 0.394 e. The highest BCUT2D eigenvalue weighted by atomic mass is 79.9. The fourth-order valence-corrected chi connectivity index (χ4v) is 2.56. The van der Waals surface area contributed by atoms with Crippen molar-refractivity contribution in [3.05, 3.63) is 69.2 Å². The van der Waals surface area contributed by atoms with Crippen LogP contribution in [0, 0.1) is 0 Å². The summed E-state index contributed by atoms with van der Waals surface area (Å²) in [5, 5.41) is 12.6. The van der Waals surface area contributed by atoms with Crippen molar-refractivity contribution in [3.8, 4) is 0 Å². The van der Waals surface area contributed by atoms with Crippen LogP contribution in [0.1, 0.15) is 15.9 Å². The van der Waals surface area contributed by atoms with Gasteiger partial charge < -0.3 is 10.4 Å². The minimum Gasteiger partial charge on any atom is -0.394 e. The van der Waals surface area contributed by atoms with E-state index < -0.39 is 0 Å². The predicted octanol–water partition coefficient (Wildman–Crippen LogP) is 3.44. The van der Waals surface area contributed by atoms with Gasteiger partial charge in [-0.05, 0) is 30.2 Å². The molecule has 5 heteroatoms. The lowest BCUT2D eigenvalue weighted by Crippen LogP contribution is -2.39. The van der Waals surface area contributed by atoms with Crippen molar-refractivity contribution in [3.63, 3.8) is 0 Å². The molecule has 1 amide bonds. The van der Waals surface area contributed by atoms with Crippen LogP contribution < -0.4 is 5.32 Å². The second-order valence-electron chi connectivity index (χ2n) is 4.67. The SMILES string of the molecule is O=C(N[C@H](CO)Cc1ccccc1)c1cc(Br)ccc1Cl. The van der Waals surface area contributed by atoms with E-state index in [4.69, 9.17) is 11.6 Å². The van der Waals surface area contributed by atoms with Gasteiger partial charge in [-0.2, -0.15) is 0 Å². The van der Waals surface area contributed by atoms with Crippen LogP contribution in [0.25, 0.3) is 0 Å². The smallest absolute Gasteiger partial charge is 0.253 e. The Hall–Kier alpha value is -1.36. The van der Waals surface area contributed by atoms with Gasteiger partial charge in [-0.3, -0.25) is 4.79 Å². The number of carbonyl (C=O) groups excluding carboxylic acids is 1. The number of benzene rings is 2. The molecule has 0 radical (unpaired) electrons. The molecular weight excluding hydrogens is 354 g/mol. The van der Waals surface area contributed by atoms with Crippen molar-refractivity contribution in [1.82, 2.24) is 5.32 Å². The van der Waals surface area contributed by atoms with Gasteiger partial charge >= 0.3 is 0 Å². The average Bonchev–Trinajstić information content (AvgIpc) is 2.50. The zero-order valence-corrected chi connectivity index (χ0v) is 13.6. The van der Waals surface area contributed by atoms with E-state index in [9.17, 15) is 9.90 Å². The van der Waals surface area contributed by atoms with Crippen LogP contribution in [-0.2, 0) is 6.42 Å². The van der Waals surface area contributed by atoms with Crippen molar-refractivity contribution in [2.45, 2.75) is 12.5 Å². The molecule has 110 valence electrons. The molecule has 2 aromatic carbocycles. The van der Waals surface area contributed by atoms with Crippen molar-refractivity contribution < 1.29 is 9.90 Å². The van der Waals surface area contributed by atoms with E-state index >= 15 is 0 Å². The minimum absolute atomic E-state index is 0.133. The molecule has 0 saturated carbocycles. The molecule has 0 saturated heterocycles. The molecule has 21 heavy (non-hydrogen) atoms. The molecule has 0 unspecified atom stereocenters. The number of carbonyl (C=O) groups is 1. The molecule has 2 N–H and O–H groups in total. The quantitative estimate of drug-likeness (QED) is 0.849. The molecule has 0 heterocycles. The van der Waals surface area contributed by atoms with E-state index in [1.54, 1.807) is 18.2 Å². The average molecular weight is 369 g/mol. The first-order valence-corrected chi connectivity index (χ1v) is 7.68. The Morgan fingerprint density at radius 1 is 1.24 bits per heavy atom. The summed E-state index contributed by atoms with van der Waals surface area (Å²) < 4.78 is 0.778. The maximum absolute atomic E-state index is 12.2. The molecule has 0 spiro atoms. The van der Waals surface area contributed by atoms with Crippen LogP contribution in [0.15, 0.2) is 53.0 Å². The van der Waals surface area contributed by atoms with Crippen LogP contribution in [-0.4, -0.2) is 23.7 Å². The van der Waals surface area contributed by atoms with Crippen LogP contribution >= 0.6 is 27.5 Å². The number of amides is 1. The molecule has 1 atom stereocenters. The monoisotopic (exact) mass is 367 g/mol. The highest BCUT2D eigenvalue weighted by molar-refractivity contribution is 9.10. The Morgan fingerprint density at radius 3 is 2.62 bits per heavy atom. The van der Waals surface area contributed by atoms with E-state index in [0.717, 1.165) is 10.0 Å². The Labute approximate surface area is 137 Å². The number of aliphatic hydroxyl groups is 1. The molecular formula is C16H15BrClNO2. The fraction of sp³-hybridized carbons (Fsp3) is 0.188. The van der Waals surface area contributed by atoms with Gasteiger partial charge in [0.05, 0.1) is 23.2 Å². The predicted molar refractivity (Wildman–Crippen MR) is 87.6 cm³/mol. The van der Waals surface area contributed by atoms with Gasteiger partial charge in [0.1, 0.15) is 0 Å². The van der Waals surface area contributed by atoms with Crippen molar-refractivity contribution in [2.24, 2.45) is 0 Å². The van der Waals surface area contributed by atoms with Gasteiger partial charge in [0.25, 0.3) is 5.91 Å². The lowest BCUT2D eigenvalue weighted by molar-refractivity contribution is 0.0916. The van der Waals surface area contributed by atoms with Gasteiger partial charge in [-0.1, -0.05) is 57.9 Å². The zero-order valence-electron chi connectivity index (χ0n) is 11.2. The molecule has 2 aromatic rings. The third kappa shape index (κ3) is 4.56. The highest BCUT2D eigenvalue weighted by Crippen LogP contribution is 2.21. The maximum atomic E-state index is 12.2. The number of hydrogen-bond acceptors (Lipinski definition) is 2. The lowest BCUT2D eigenvalue weighted by Gasteiger charge is -2.17. The van der Waals surface area contributed by atoms with Crippen molar-refractivity contribution >= 4 is 33.4 Å². The summed E-state index contributed by atoms with van der Waals surface area (Å²) in [6.07, 6.45) is 0.564. The summed E-state index contributed by atoms with van der Waals surface area (Å²) in [4.78, 5) is 12.2. The van der Waals surface area contributed by atoms with Crippen molar-refractivity contribution in [2.75, 3.05) is 6.61 Å². The summed E-state index contributed by atoms with van der Waals surface area (Å²) in [6, 6.07) is 14.4. The van der Waals surface area contributed by atoms with E-state index in [1.807, 2.05) is 30.3 Å². The van der Waals surface area contributed by atoms with E-state index in [0.29, 0.717) is 17.0 Å². The molecule has 0 aliphatic rings. The first-order valence-electron chi connectivity index (χ1n) is 6.51. The van der Waals surface area contributed by atoms with E-state index in [1.165, 1.54) is 0 Å². The molecule has 0 aromatic heterocycles. The summed E-state index contributed by atoms with van der Waals surface area (Å²) >= 11 is 9.35. The Kier molecular flexibility index (Phi) is 5.79.